The van der Waals surface area contributed by atoms with Crippen LogP contribution in [0.25, 0.3) is 5.69 Å². The Bertz CT molecular complexity index is 1310. The highest BCUT2D eigenvalue weighted by molar-refractivity contribution is 5.83. The second-order valence-electron chi connectivity index (χ2n) is 12.0. The van der Waals surface area contributed by atoms with E-state index in [0.29, 0.717) is 43.5 Å². The molecule has 1 heterocycles. The summed E-state index contributed by atoms with van der Waals surface area (Å²) in [5, 5.41) is 16.9. The van der Waals surface area contributed by atoms with Gasteiger partial charge in [-0.1, -0.05) is 17.7 Å². The first kappa shape index (κ1) is 28.3. The van der Waals surface area contributed by atoms with Crippen LogP contribution in [-0.4, -0.2) is 40.5 Å². The van der Waals surface area contributed by atoms with Crippen LogP contribution in [0.3, 0.4) is 0 Å². The van der Waals surface area contributed by atoms with Gasteiger partial charge >= 0.3 is 6.18 Å². The summed E-state index contributed by atoms with van der Waals surface area (Å²) in [7, 11) is 0. The molecular weight excluding hydrogens is 536 g/mol. The molecule has 3 N–H and O–H groups in total. The molecule has 4 aliphatic rings. The van der Waals surface area contributed by atoms with Gasteiger partial charge in [0.2, 0.25) is 5.91 Å². The summed E-state index contributed by atoms with van der Waals surface area (Å²) in [5.41, 5.74) is 5.13. The number of aromatic nitrogens is 2. The third kappa shape index (κ3) is 4.61. The van der Waals surface area contributed by atoms with Crippen LogP contribution in [0.1, 0.15) is 61.8 Å². The van der Waals surface area contributed by atoms with Gasteiger partial charge < -0.3 is 11.1 Å². The minimum Gasteiger partial charge on any atom is -0.382 e. The number of nitrogens with zero attached hydrogens (tertiary/aromatic N) is 3. The molecule has 6 nitrogen and oxygen atoms in total. The summed E-state index contributed by atoms with van der Waals surface area (Å²) in [6, 6.07) is 9.49. The van der Waals surface area contributed by atoms with Crippen LogP contribution in [0, 0.1) is 40.9 Å². The van der Waals surface area contributed by atoms with Crippen LogP contribution < -0.4 is 11.1 Å². The number of carbonyl (C=O) groups is 1. The predicted octanol–water partition coefficient (Wildman–Crippen LogP) is 5.81. The second kappa shape index (κ2) is 9.70. The van der Waals surface area contributed by atoms with E-state index in [9.17, 15) is 27.6 Å². The first-order valence-corrected chi connectivity index (χ1v) is 13.4. The van der Waals surface area contributed by atoms with E-state index in [1.54, 1.807) is 0 Å². The van der Waals surface area contributed by atoms with Gasteiger partial charge in [-0.3, -0.25) is 4.79 Å². The maximum Gasteiger partial charge on any atom is 0.425 e. The van der Waals surface area contributed by atoms with Crippen molar-refractivity contribution < 1.29 is 31.1 Å². The van der Waals surface area contributed by atoms with Crippen LogP contribution in [0.2, 0.25) is 0 Å². The minimum absolute atomic E-state index is 0.149. The van der Waals surface area contributed by atoms with Gasteiger partial charge in [-0.15, -0.1) is 0 Å². The fourth-order valence-electron chi connectivity index (χ4n) is 7.70. The van der Waals surface area contributed by atoms with Crippen molar-refractivity contribution in [1.29, 1.82) is 5.26 Å². The number of nitriles is 1. The van der Waals surface area contributed by atoms with Crippen LogP contribution in [0.4, 0.5) is 32.2 Å². The van der Waals surface area contributed by atoms with Crippen molar-refractivity contribution in [2.75, 3.05) is 12.3 Å². The van der Waals surface area contributed by atoms with E-state index in [-0.39, 0.29) is 42.6 Å². The van der Waals surface area contributed by atoms with Crippen LogP contribution in [0.5, 0.6) is 0 Å². The lowest BCUT2D eigenvalue weighted by Gasteiger charge is -2.63. The molecular formula is C28H31F6N5O. The summed E-state index contributed by atoms with van der Waals surface area (Å²) in [6.07, 6.45) is -8.95. The van der Waals surface area contributed by atoms with E-state index in [1.165, 1.54) is 4.68 Å². The predicted molar refractivity (Wildman–Crippen MR) is 134 cm³/mol. The van der Waals surface area contributed by atoms with Gasteiger partial charge in [-0.25, -0.2) is 17.9 Å². The number of alkyl halides is 6. The van der Waals surface area contributed by atoms with E-state index in [0.717, 1.165) is 5.56 Å². The molecule has 40 heavy (non-hydrogen) atoms. The largest absolute Gasteiger partial charge is 0.425 e. The van der Waals surface area contributed by atoms with Crippen molar-refractivity contribution in [1.82, 2.24) is 15.1 Å². The Morgan fingerprint density at radius 2 is 1.80 bits per heavy atom. The molecule has 3 unspecified atom stereocenters. The Labute approximate surface area is 227 Å². The number of rotatable bonds is 8. The van der Waals surface area contributed by atoms with E-state index in [2.05, 4.69) is 16.5 Å². The SMILES string of the molecule is Cc1ccc(-n2nc(CCCNC(=O)C34CC5CC(C3)CC(C(F)(F)C(F)C(F)(F)F)(C5)C4)c(C#N)c2N)cc1. The Morgan fingerprint density at radius 3 is 2.38 bits per heavy atom. The van der Waals surface area contributed by atoms with Crippen molar-refractivity contribution in [2.24, 2.45) is 22.7 Å². The molecule has 6 rings (SSSR count). The molecule has 4 aliphatic carbocycles. The van der Waals surface area contributed by atoms with Gasteiger partial charge in [0.15, 0.2) is 0 Å². The van der Waals surface area contributed by atoms with Gasteiger partial charge in [0.25, 0.3) is 12.1 Å². The number of nitrogen functional groups attached to an aromatic ring is 1. The van der Waals surface area contributed by atoms with Crippen molar-refractivity contribution >= 4 is 11.7 Å². The zero-order valence-corrected chi connectivity index (χ0v) is 22.0. The fraction of sp³-hybridized carbons (Fsp3) is 0.607. The van der Waals surface area contributed by atoms with Crippen molar-refractivity contribution in [2.45, 2.75) is 76.6 Å². The lowest BCUT2D eigenvalue weighted by molar-refractivity contribution is -0.305. The topological polar surface area (TPSA) is 96.7 Å². The lowest BCUT2D eigenvalue weighted by atomic mass is 9.42. The summed E-state index contributed by atoms with van der Waals surface area (Å²) in [4.78, 5) is 13.4. The van der Waals surface area contributed by atoms with Gasteiger partial charge in [-0.2, -0.15) is 23.5 Å². The number of nitrogens with one attached hydrogen (secondary N) is 1. The first-order valence-electron chi connectivity index (χ1n) is 13.4. The van der Waals surface area contributed by atoms with Gasteiger partial charge in [0.1, 0.15) is 17.5 Å². The summed E-state index contributed by atoms with van der Waals surface area (Å²) in [5.74, 6) is -5.58. The van der Waals surface area contributed by atoms with Gasteiger partial charge in [-0.05, 0) is 82.3 Å². The quantitative estimate of drug-likeness (QED) is 0.311. The van der Waals surface area contributed by atoms with Crippen LogP contribution in [-0.2, 0) is 11.2 Å². The summed E-state index contributed by atoms with van der Waals surface area (Å²) >= 11 is 0. The average Bonchev–Trinajstić information content (AvgIpc) is 3.19. The molecule has 4 saturated carbocycles. The third-order valence-corrected chi connectivity index (χ3v) is 9.12. The Hall–Kier alpha value is -3.23. The fourth-order valence-corrected chi connectivity index (χ4v) is 7.70. The van der Waals surface area contributed by atoms with Crippen LogP contribution in [0.15, 0.2) is 24.3 Å². The van der Waals surface area contributed by atoms with Crippen molar-refractivity contribution in [3.8, 4) is 11.8 Å². The number of amides is 1. The number of nitrogens with two attached hydrogens (primary N) is 1. The Kier molecular flexibility index (Phi) is 6.86. The van der Waals surface area contributed by atoms with E-state index < -0.39 is 41.4 Å². The molecule has 12 heteroatoms. The standard InChI is InChI=1S/C28H31F6N5O/c1-16-4-6-19(7-5-16)39-22(36)20(14-35)21(38-39)3-2-8-37-24(40)25-10-17-9-18(11-25)13-26(12-17,15-25)27(30,31)23(29)28(32,33)34/h4-7,17-18,23H,2-3,8-13,15,36H2,1H3,(H,37,40). The zero-order chi connectivity index (χ0) is 29.1. The van der Waals surface area contributed by atoms with E-state index in [4.69, 9.17) is 5.73 Å². The molecule has 3 atom stereocenters. The van der Waals surface area contributed by atoms with Gasteiger partial charge in [0.05, 0.1) is 16.8 Å². The maximum atomic E-state index is 15.2. The molecule has 0 radical (unpaired) electrons. The molecule has 216 valence electrons. The maximum absolute atomic E-state index is 15.2. The number of aryl methyl sites for hydroxylation is 2. The van der Waals surface area contributed by atoms with E-state index >= 15 is 8.78 Å². The normalized spacial score (nSPS) is 28.4. The highest BCUT2D eigenvalue weighted by Gasteiger charge is 2.73. The molecule has 1 amide bonds. The molecule has 1 aromatic heterocycles. The number of carbonyl (C=O) groups excluding carboxylic acids is 1. The average molecular weight is 568 g/mol. The smallest absolute Gasteiger partial charge is 0.382 e. The second-order valence-corrected chi connectivity index (χ2v) is 12.0. The van der Waals surface area contributed by atoms with E-state index in [1.807, 2.05) is 31.2 Å². The Morgan fingerprint density at radius 1 is 1.18 bits per heavy atom. The minimum atomic E-state index is -5.68. The first-order chi connectivity index (χ1) is 18.7. The number of anilines is 1. The molecule has 1 aromatic carbocycles. The highest BCUT2D eigenvalue weighted by atomic mass is 19.4. The van der Waals surface area contributed by atoms with Crippen molar-refractivity contribution in [3.05, 3.63) is 41.1 Å². The van der Waals surface area contributed by atoms with Crippen molar-refractivity contribution in [3.63, 3.8) is 0 Å². The van der Waals surface area contributed by atoms with Crippen LogP contribution >= 0.6 is 0 Å². The number of hydrogen-bond acceptors (Lipinski definition) is 4. The Balaban J connectivity index is 1.26. The summed E-state index contributed by atoms with van der Waals surface area (Å²) < 4.78 is 85.1. The molecule has 0 spiro atoms. The molecule has 0 saturated heterocycles. The number of hydrogen-bond donors (Lipinski definition) is 2. The molecule has 4 fully saturated rings. The number of halogens is 6. The third-order valence-electron chi connectivity index (χ3n) is 9.12. The monoisotopic (exact) mass is 567 g/mol. The zero-order valence-electron chi connectivity index (χ0n) is 22.0. The number of benzene rings is 1. The van der Waals surface area contributed by atoms with Gasteiger partial charge in [0, 0.05) is 12.0 Å². The highest BCUT2D eigenvalue weighted by Crippen LogP contribution is 2.70. The molecule has 0 aliphatic heterocycles. The summed E-state index contributed by atoms with van der Waals surface area (Å²) in [6.45, 7) is 2.08. The molecule has 2 aromatic rings. The molecule has 4 bridgehead atoms. The lowest BCUT2D eigenvalue weighted by Crippen LogP contribution is -2.65.